The number of aromatic nitrogens is 1. The Balaban J connectivity index is 1.96. The molecule has 0 aromatic carbocycles. The van der Waals surface area contributed by atoms with E-state index in [2.05, 4.69) is 10.3 Å². The van der Waals surface area contributed by atoms with Crippen LogP contribution >= 0.6 is 0 Å². The Hall–Kier alpha value is -1.09. The van der Waals surface area contributed by atoms with E-state index in [1.165, 1.54) is 19.3 Å². The van der Waals surface area contributed by atoms with E-state index < -0.39 is 0 Å². The summed E-state index contributed by atoms with van der Waals surface area (Å²) in [5.74, 6) is 0. The standard InChI is InChI=1S/C11H17N3/c12-10-3-1-2-4-11(10)14-9-5-7-13-8-6-9/h5-8,10-11H,1-4,12H2,(H,13,14). The fraction of sp³-hybridized carbons (Fsp3) is 0.545. The molecular formula is C11H17N3. The Morgan fingerprint density at radius 1 is 1.21 bits per heavy atom. The van der Waals surface area contributed by atoms with Gasteiger partial charge in [-0.3, -0.25) is 4.98 Å². The van der Waals surface area contributed by atoms with Gasteiger partial charge in [0.15, 0.2) is 0 Å². The number of rotatable bonds is 2. The quantitative estimate of drug-likeness (QED) is 0.749. The number of nitrogens with zero attached hydrogens (tertiary/aromatic N) is 1. The van der Waals surface area contributed by atoms with Crippen LogP contribution in [0, 0.1) is 0 Å². The minimum absolute atomic E-state index is 0.303. The molecule has 1 heterocycles. The van der Waals surface area contributed by atoms with Gasteiger partial charge in [0, 0.05) is 30.2 Å². The van der Waals surface area contributed by atoms with Crippen LogP contribution in [0.5, 0.6) is 0 Å². The second kappa shape index (κ2) is 4.42. The molecule has 76 valence electrons. The number of hydrogen-bond acceptors (Lipinski definition) is 3. The average Bonchev–Trinajstić information content (AvgIpc) is 2.23. The van der Waals surface area contributed by atoms with E-state index in [9.17, 15) is 0 Å². The molecule has 1 saturated carbocycles. The molecule has 1 aromatic rings. The smallest absolute Gasteiger partial charge is 0.0412 e. The molecule has 0 spiro atoms. The molecule has 3 heteroatoms. The average molecular weight is 191 g/mol. The highest BCUT2D eigenvalue weighted by Gasteiger charge is 2.20. The van der Waals surface area contributed by atoms with Crippen LogP contribution < -0.4 is 11.1 Å². The van der Waals surface area contributed by atoms with Crippen LogP contribution in [0.3, 0.4) is 0 Å². The van der Waals surface area contributed by atoms with E-state index in [-0.39, 0.29) is 0 Å². The van der Waals surface area contributed by atoms with E-state index in [4.69, 9.17) is 5.73 Å². The van der Waals surface area contributed by atoms with Gasteiger partial charge < -0.3 is 11.1 Å². The molecule has 2 atom stereocenters. The summed E-state index contributed by atoms with van der Waals surface area (Å²) in [4.78, 5) is 3.99. The van der Waals surface area contributed by atoms with Crippen molar-refractivity contribution in [2.24, 2.45) is 5.73 Å². The fourth-order valence-electron chi connectivity index (χ4n) is 2.00. The van der Waals surface area contributed by atoms with Crippen molar-refractivity contribution in [3.63, 3.8) is 0 Å². The lowest BCUT2D eigenvalue weighted by molar-refractivity contribution is 0.404. The van der Waals surface area contributed by atoms with Gasteiger partial charge in [-0.1, -0.05) is 12.8 Å². The molecule has 0 amide bonds. The summed E-state index contributed by atoms with van der Waals surface area (Å²) in [5, 5.41) is 3.47. The Kier molecular flexibility index (Phi) is 2.99. The molecule has 0 radical (unpaired) electrons. The van der Waals surface area contributed by atoms with Gasteiger partial charge in [0.25, 0.3) is 0 Å². The lowest BCUT2D eigenvalue weighted by atomic mass is 9.91. The molecule has 3 nitrogen and oxygen atoms in total. The van der Waals surface area contributed by atoms with Crippen LogP contribution in [0.1, 0.15) is 25.7 Å². The highest BCUT2D eigenvalue weighted by molar-refractivity contribution is 5.42. The SMILES string of the molecule is NC1CCCCC1Nc1ccncc1. The summed E-state index contributed by atoms with van der Waals surface area (Å²) in [5.41, 5.74) is 7.18. The van der Waals surface area contributed by atoms with Crippen molar-refractivity contribution >= 4 is 5.69 Å². The van der Waals surface area contributed by atoms with Crippen molar-refractivity contribution in [3.8, 4) is 0 Å². The van der Waals surface area contributed by atoms with Gasteiger partial charge >= 0.3 is 0 Å². The summed E-state index contributed by atoms with van der Waals surface area (Å²) in [6, 6.07) is 4.71. The first-order chi connectivity index (χ1) is 6.86. The number of nitrogens with two attached hydrogens (primary N) is 1. The lowest BCUT2D eigenvalue weighted by Crippen LogP contribution is -2.42. The Labute approximate surface area is 84.7 Å². The van der Waals surface area contributed by atoms with Crippen molar-refractivity contribution in [2.75, 3.05) is 5.32 Å². The van der Waals surface area contributed by atoms with Gasteiger partial charge in [-0.2, -0.15) is 0 Å². The minimum atomic E-state index is 0.303. The molecule has 0 bridgehead atoms. The topological polar surface area (TPSA) is 50.9 Å². The molecule has 2 rings (SSSR count). The first-order valence-electron chi connectivity index (χ1n) is 5.28. The van der Waals surface area contributed by atoms with Crippen LogP contribution in [-0.2, 0) is 0 Å². The largest absolute Gasteiger partial charge is 0.381 e. The summed E-state index contributed by atoms with van der Waals surface area (Å²) in [6.45, 7) is 0. The first kappa shape index (κ1) is 9.46. The summed E-state index contributed by atoms with van der Waals surface area (Å²) in [6.07, 6.45) is 8.49. The van der Waals surface area contributed by atoms with E-state index >= 15 is 0 Å². The highest BCUT2D eigenvalue weighted by atomic mass is 15.0. The molecule has 1 aliphatic carbocycles. The third kappa shape index (κ3) is 2.23. The van der Waals surface area contributed by atoms with E-state index in [1.54, 1.807) is 12.4 Å². The molecular weight excluding hydrogens is 174 g/mol. The van der Waals surface area contributed by atoms with Crippen LogP contribution in [0.15, 0.2) is 24.5 Å². The number of hydrogen-bond donors (Lipinski definition) is 2. The van der Waals surface area contributed by atoms with Crippen molar-refractivity contribution in [1.29, 1.82) is 0 Å². The van der Waals surface area contributed by atoms with Gasteiger partial charge in [0.2, 0.25) is 0 Å². The molecule has 14 heavy (non-hydrogen) atoms. The van der Waals surface area contributed by atoms with Crippen molar-refractivity contribution in [1.82, 2.24) is 4.98 Å². The zero-order valence-electron chi connectivity index (χ0n) is 8.32. The minimum Gasteiger partial charge on any atom is -0.381 e. The summed E-state index contributed by atoms with van der Waals surface area (Å²) < 4.78 is 0. The Bertz CT molecular complexity index is 273. The zero-order valence-corrected chi connectivity index (χ0v) is 8.32. The molecule has 0 saturated heterocycles. The maximum absolute atomic E-state index is 6.05. The Morgan fingerprint density at radius 3 is 2.64 bits per heavy atom. The van der Waals surface area contributed by atoms with Crippen molar-refractivity contribution < 1.29 is 0 Å². The van der Waals surface area contributed by atoms with Gasteiger partial charge in [-0.25, -0.2) is 0 Å². The normalized spacial score (nSPS) is 27.2. The summed E-state index contributed by atoms with van der Waals surface area (Å²) in [7, 11) is 0. The third-order valence-electron chi connectivity index (χ3n) is 2.85. The molecule has 1 aliphatic rings. The second-order valence-corrected chi connectivity index (χ2v) is 3.94. The van der Waals surface area contributed by atoms with Gasteiger partial charge in [0.1, 0.15) is 0 Å². The Morgan fingerprint density at radius 2 is 1.93 bits per heavy atom. The summed E-state index contributed by atoms with van der Waals surface area (Å²) >= 11 is 0. The van der Waals surface area contributed by atoms with Crippen LogP contribution in [-0.4, -0.2) is 17.1 Å². The fourth-order valence-corrected chi connectivity index (χ4v) is 2.00. The predicted molar refractivity (Wildman–Crippen MR) is 58.1 cm³/mol. The van der Waals surface area contributed by atoms with Gasteiger partial charge in [-0.05, 0) is 25.0 Å². The third-order valence-corrected chi connectivity index (χ3v) is 2.85. The van der Waals surface area contributed by atoms with Gasteiger partial charge in [-0.15, -0.1) is 0 Å². The molecule has 0 aliphatic heterocycles. The van der Waals surface area contributed by atoms with Crippen LogP contribution in [0.2, 0.25) is 0 Å². The van der Waals surface area contributed by atoms with E-state index in [0.717, 1.165) is 12.1 Å². The van der Waals surface area contributed by atoms with E-state index in [0.29, 0.717) is 12.1 Å². The molecule has 3 N–H and O–H groups in total. The van der Waals surface area contributed by atoms with E-state index in [1.807, 2.05) is 12.1 Å². The van der Waals surface area contributed by atoms with Crippen LogP contribution in [0.4, 0.5) is 5.69 Å². The van der Waals surface area contributed by atoms with Gasteiger partial charge in [0.05, 0.1) is 0 Å². The lowest BCUT2D eigenvalue weighted by Gasteiger charge is -2.30. The number of nitrogens with one attached hydrogen (secondary N) is 1. The zero-order chi connectivity index (χ0) is 9.80. The second-order valence-electron chi connectivity index (χ2n) is 3.94. The first-order valence-corrected chi connectivity index (χ1v) is 5.28. The highest BCUT2D eigenvalue weighted by Crippen LogP contribution is 2.20. The maximum Gasteiger partial charge on any atom is 0.0412 e. The number of pyridine rings is 1. The molecule has 2 unspecified atom stereocenters. The monoisotopic (exact) mass is 191 g/mol. The maximum atomic E-state index is 6.05. The molecule has 1 aromatic heterocycles. The van der Waals surface area contributed by atoms with Crippen molar-refractivity contribution in [3.05, 3.63) is 24.5 Å². The predicted octanol–water partition coefficient (Wildman–Crippen LogP) is 1.76. The number of anilines is 1. The molecule has 1 fully saturated rings. The van der Waals surface area contributed by atoms with Crippen LogP contribution in [0.25, 0.3) is 0 Å². The van der Waals surface area contributed by atoms with Crippen molar-refractivity contribution in [2.45, 2.75) is 37.8 Å².